The Balaban J connectivity index is 1.80. The van der Waals surface area contributed by atoms with Crippen LogP contribution in [-0.4, -0.2) is 15.9 Å². The van der Waals surface area contributed by atoms with Crippen LogP contribution in [0.3, 0.4) is 0 Å². The summed E-state index contributed by atoms with van der Waals surface area (Å²) in [5, 5.41) is 13.5. The summed E-state index contributed by atoms with van der Waals surface area (Å²) in [4.78, 5) is 30.7. The molecule has 0 saturated heterocycles. The molecule has 0 aliphatic rings. The van der Waals surface area contributed by atoms with E-state index in [-0.39, 0.29) is 28.6 Å². The first kappa shape index (κ1) is 17.7. The number of nitrogens with zero attached hydrogens (tertiary/aromatic N) is 2. The highest BCUT2D eigenvalue weighted by molar-refractivity contribution is 7.09. The van der Waals surface area contributed by atoms with E-state index in [1.165, 1.54) is 23.5 Å². The van der Waals surface area contributed by atoms with E-state index >= 15 is 0 Å². The predicted octanol–water partition coefficient (Wildman–Crippen LogP) is 2.55. The zero-order chi connectivity index (χ0) is 18.8. The molecule has 2 N–H and O–H groups in total. The van der Waals surface area contributed by atoms with Crippen molar-refractivity contribution in [2.75, 3.05) is 0 Å². The Kier molecular flexibility index (Phi) is 4.77. The number of carbonyl (C=O) groups is 1. The maximum absolute atomic E-state index is 13.9. The van der Waals surface area contributed by atoms with E-state index in [2.05, 4.69) is 15.3 Å². The number of thiazole rings is 1. The Labute approximate surface area is 150 Å². The van der Waals surface area contributed by atoms with Crippen LogP contribution in [-0.2, 0) is 11.2 Å². The first-order chi connectivity index (χ1) is 12.4. The molecular weight excluding hydrogens is 362 g/mol. The molecule has 0 radical (unpaired) electrons. The van der Waals surface area contributed by atoms with Crippen molar-refractivity contribution in [2.45, 2.75) is 19.4 Å². The number of halogens is 2. The van der Waals surface area contributed by atoms with Gasteiger partial charge in [0.1, 0.15) is 11.1 Å². The van der Waals surface area contributed by atoms with Gasteiger partial charge in [-0.05, 0) is 25.1 Å². The summed E-state index contributed by atoms with van der Waals surface area (Å²) >= 11 is 1.23. The fourth-order valence-corrected chi connectivity index (χ4v) is 3.21. The number of hydrogen-bond acceptors (Lipinski definition) is 5. The first-order valence-electron chi connectivity index (χ1n) is 7.54. The molecule has 6 nitrogen and oxygen atoms in total. The van der Waals surface area contributed by atoms with Crippen LogP contribution >= 0.6 is 11.3 Å². The van der Waals surface area contributed by atoms with Gasteiger partial charge in [-0.3, -0.25) is 9.59 Å². The van der Waals surface area contributed by atoms with Gasteiger partial charge < -0.3 is 10.3 Å². The Morgan fingerprint density at radius 3 is 2.92 bits per heavy atom. The van der Waals surface area contributed by atoms with Gasteiger partial charge in [0.05, 0.1) is 18.0 Å². The van der Waals surface area contributed by atoms with Gasteiger partial charge in [-0.1, -0.05) is 0 Å². The molecule has 0 fully saturated rings. The van der Waals surface area contributed by atoms with Gasteiger partial charge in [-0.15, -0.1) is 11.3 Å². The van der Waals surface area contributed by atoms with E-state index in [1.54, 1.807) is 12.3 Å². The first-order valence-corrected chi connectivity index (χ1v) is 8.42. The molecule has 3 rings (SSSR count). The summed E-state index contributed by atoms with van der Waals surface area (Å²) in [6.07, 6.45) is -0.304. The Hall–Kier alpha value is -3.12. The minimum absolute atomic E-state index is 0.0172. The van der Waals surface area contributed by atoms with Crippen molar-refractivity contribution in [3.05, 3.63) is 61.8 Å². The number of carbonyl (C=O) groups excluding carboxylic acids is 1. The smallest absolute Gasteiger partial charge is 0.252 e. The van der Waals surface area contributed by atoms with Gasteiger partial charge >= 0.3 is 0 Å². The quantitative estimate of drug-likeness (QED) is 0.733. The lowest BCUT2D eigenvalue weighted by molar-refractivity contribution is -0.121. The predicted molar refractivity (Wildman–Crippen MR) is 91.6 cm³/mol. The third-order valence-electron chi connectivity index (χ3n) is 3.73. The van der Waals surface area contributed by atoms with Crippen molar-refractivity contribution in [1.29, 1.82) is 5.26 Å². The third-order valence-corrected chi connectivity index (χ3v) is 4.75. The molecule has 0 saturated carbocycles. The summed E-state index contributed by atoms with van der Waals surface area (Å²) < 4.78 is 27.2. The fraction of sp³-hybridized carbons (Fsp3) is 0.176. The molecule has 0 bridgehead atoms. The third kappa shape index (κ3) is 3.45. The zero-order valence-corrected chi connectivity index (χ0v) is 14.3. The van der Waals surface area contributed by atoms with Crippen LogP contribution in [0, 0.1) is 23.0 Å². The van der Waals surface area contributed by atoms with Crippen molar-refractivity contribution in [2.24, 2.45) is 0 Å². The number of amides is 1. The van der Waals surface area contributed by atoms with Gasteiger partial charge in [-0.25, -0.2) is 13.8 Å². The minimum atomic E-state index is -1.08. The number of aromatic amines is 1. The highest BCUT2D eigenvalue weighted by Crippen LogP contribution is 2.19. The summed E-state index contributed by atoms with van der Waals surface area (Å²) in [7, 11) is 0. The molecule has 3 aromatic rings. The van der Waals surface area contributed by atoms with E-state index < -0.39 is 29.1 Å². The highest BCUT2D eigenvalue weighted by atomic mass is 32.1. The number of rotatable bonds is 4. The topological polar surface area (TPSA) is 98.6 Å². The molecule has 1 aromatic carbocycles. The number of fused-ring (bicyclic) bond motifs is 1. The van der Waals surface area contributed by atoms with Crippen LogP contribution in [0.25, 0.3) is 10.9 Å². The van der Waals surface area contributed by atoms with E-state index in [0.29, 0.717) is 5.01 Å². The van der Waals surface area contributed by atoms with Crippen LogP contribution < -0.4 is 10.9 Å². The number of pyridine rings is 1. The maximum atomic E-state index is 13.9. The molecule has 9 heteroatoms. The van der Waals surface area contributed by atoms with E-state index in [9.17, 15) is 18.4 Å². The van der Waals surface area contributed by atoms with Gasteiger partial charge in [0.15, 0.2) is 17.3 Å². The van der Waals surface area contributed by atoms with Crippen LogP contribution in [0.5, 0.6) is 0 Å². The van der Waals surface area contributed by atoms with Gasteiger partial charge in [0, 0.05) is 16.3 Å². The number of aromatic nitrogens is 2. The highest BCUT2D eigenvalue weighted by Gasteiger charge is 2.16. The van der Waals surface area contributed by atoms with E-state index in [0.717, 1.165) is 6.07 Å². The molecular formula is C17H12F2N4O2S. The van der Waals surface area contributed by atoms with Crippen LogP contribution in [0.4, 0.5) is 8.78 Å². The van der Waals surface area contributed by atoms with Crippen LogP contribution in [0.15, 0.2) is 28.4 Å². The largest absolute Gasteiger partial charge is 0.347 e. The van der Waals surface area contributed by atoms with E-state index in [1.807, 2.05) is 6.07 Å². The lowest BCUT2D eigenvalue weighted by Crippen LogP contribution is -2.30. The van der Waals surface area contributed by atoms with Crippen molar-refractivity contribution >= 4 is 28.1 Å². The zero-order valence-electron chi connectivity index (χ0n) is 13.5. The summed E-state index contributed by atoms with van der Waals surface area (Å²) in [6, 6.07) is 4.81. The Bertz CT molecular complexity index is 1100. The van der Waals surface area contributed by atoms with Gasteiger partial charge in [0.25, 0.3) is 5.56 Å². The minimum Gasteiger partial charge on any atom is -0.347 e. The Morgan fingerprint density at radius 2 is 2.23 bits per heavy atom. The monoisotopic (exact) mass is 374 g/mol. The molecule has 0 spiro atoms. The fourth-order valence-electron chi connectivity index (χ4n) is 2.46. The average Bonchev–Trinajstić information content (AvgIpc) is 3.09. The maximum Gasteiger partial charge on any atom is 0.252 e. The molecule has 2 aromatic heterocycles. The number of nitriles is 1. The van der Waals surface area contributed by atoms with E-state index in [4.69, 9.17) is 5.26 Å². The summed E-state index contributed by atoms with van der Waals surface area (Å²) in [5.41, 5.74) is -0.122. The number of benzene rings is 1. The van der Waals surface area contributed by atoms with Gasteiger partial charge in [0.2, 0.25) is 5.91 Å². The molecule has 26 heavy (non-hydrogen) atoms. The second kappa shape index (κ2) is 7.01. The lowest BCUT2D eigenvalue weighted by atomic mass is 10.1. The van der Waals surface area contributed by atoms with Crippen molar-refractivity contribution < 1.29 is 13.6 Å². The molecule has 0 aliphatic carbocycles. The van der Waals surface area contributed by atoms with Gasteiger partial charge in [-0.2, -0.15) is 5.26 Å². The van der Waals surface area contributed by atoms with Crippen LogP contribution in [0.1, 0.15) is 29.2 Å². The number of H-pyrrole nitrogens is 1. The molecule has 1 unspecified atom stereocenters. The Morgan fingerprint density at radius 1 is 1.46 bits per heavy atom. The molecule has 132 valence electrons. The lowest BCUT2D eigenvalue weighted by Gasteiger charge is -2.11. The average molecular weight is 374 g/mol. The second-order valence-electron chi connectivity index (χ2n) is 5.60. The summed E-state index contributed by atoms with van der Waals surface area (Å²) in [6.45, 7) is 1.69. The molecule has 1 atom stereocenters. The summed E-state index contributed by atoms with van der Waals surface area (Å²) in [5.74, 6) is -2.60. The normalized spacial score (nSPS) is 11.9. The second-order valence-corrected chi connectivity index (χ2v) is 6.48. The molecule has 1 amide bonds. The molecule has 2 heterocycles. The van der Waals surface area contributed by atoms with Crippen molar-refractivity contribution in [3.8, 4) is 6.07 Å². The number of nitrogens with one attached hydrogen (secondary N) is 2. The van der Waals surface area contributed by atoms with Crippen molar-refractivity contribution in [3.63, 3.8) is 0 Å². The standard InChI is InChI=1S/C17H12F2N4O2S/c1-8(17-22-10(6-20)7-26-17)21-14(24)5-9-4-11-13(23-16(9)25)3-2-12(18)15(11)19/h2-4,7-8H,5H2,1H3,(H,21,24)(H,23,25). The SMILES string of the molecule is CC(NC(=O)Cc1cc2c(F)c(F)ccc2[nH]c1=O)c1nc(C#N)cs1. The number of hydrogen-bond donors (Lipinski definition) is 2. The van der Waals surface area contributed by atoms with Crippen LogP contribution in [0.2, 0.25) is 0 Å². The van der Waals surface area contributed by atoms with Crippen molar-refractivity contribution in [1.82, 2.24) is 15.3 Å². The molecule has 0 aliphatic heterocycles.